The highest BCUT2D eigenvalue weighted by molar-refractivity contribution is 6.04. The molecule has 1 N–H and O–H groups in total. The summed E-state index contributed by atoms with van der Waals surface area (Å²) in [5.74, 6) is -0.488. The van der Waals surface area contributed by atoms with E-state index >= 15 is 0 Å². The Bertz CT molecular complexity index is 564. The lowest BCUT2D eigenvalue weighted by molar-refractivity contribution is -0.150. The van der Waals surface area contributed by atoms with E-state index in [-0.39, 0.29) is 11.8 Å². The molecule has 2 rings (SSSR count). The molecule has 0 aromatic heterocycles. The summed E-state index contributed by atoms with van der Waals surface area (Å²) in [5, 5.41) is 2.83. The van der Waals surface area contributed by atoms with Crippen LogP contribution in [-0.2, 0) is 20.9 Å². The van der Waals surface area contributed by atoms with E-state index in [1.165, 1.54) is 0 Å². The lowest BCUT2D eigenvalue weighted by atomic mass is 9.90. The number of nitrogens with one attached hydrogen (secondary N) is 1. The van der Waals surface area contributed by atoms with E-state index in [0.29, 0.717) is 32.7 Å². The zero-order chi connectivity index (χ0) is 16.9. The van der Waals surface area contributed by atoms with Gasteiger partial charge in [-0.05, 0) is 19.4 Å². The van der Waals surface area contributed by atoms with E-state index in [9.17, 15) is 14.4 Å². The fraction of sp³-hybridized carbons (Fsp3) is 0.471. The minimum Gasteiger partial charge on any atom is -0.351 e. The lowest BCUT2D eigenvalue weighted by Crippen LogP contribution is -2.55. The maximum absolute atomic E-state index is 12.6. The Kier molecular flexibility index (Phi) is 5.36. The topological polar surface area (TPSA) is 69.7 Å². The normalized spacial score (nSPS) is 15.2. The number of amides is 3. The molecular formula is C17H23N3O3. The van der Waals surface area contributed by atoms with Gasteiger partial charge < -0.3 is 15.1 Å². The monoisotopic (exact) mass is 317 g/mol. The van der Waals surface area contributed by atoms with Crippen LogP contribution in [0.3, 0.4) is 0 Å². The van der Waals surface area contributed by atoms with Crippen LogP contribution in [-0.4, -0.2) is 54.2 Å². The summed E-state index contributed by atoms with van der Waals surface area (Å²) in [6.45, 7) is 5.63. The van der Waals surface area contributed by atoms with Crippen molar-refractivity contribution in [1.82, 2.24) is 15.1 Å². The van der Waals surface area contributed by atoms with Crippen LogP contribution in [0.2, 0.25) is 0 Å². The van der Waals surface area contributed by atoms with Crippen molar-refractivity contribution < 1.29 is 14.4 Å². The molecule has 1 saturated heterocycles. The molecule has 0 aliphatic carbocycles. The summed E-state index contributed by atoms with van der Waals surface area (Å²) in [5.41, 5.74) is -0.137. The van der Waals surface area contributed by atoms with Gasteiger partial charge in [-0.2, -0.15) is 0 Å². The molecule has 1 aromatic carbocycles. The van der Waals surface area contributed by atoms with Crippen LogP contribution in [0.4, 0.5) is 0 Å². The van der Waals surface area contributed by atoms with Crippen molar-refractivity contribution in [2.75, 3.05) is 26.2 Å². The maximum Gasteiger partial charge on any atom is 0.237 e. The summed E-state index contributed by atoms with van der Waals surface area (Å²) in [7, 11) is 0. The molecule has 124 valence electrons. The molecular weight excluding hydrogens is 294 g/mol. The molecule has 1 heterocycles. The third-order valence-electron chi connectivity index (χ3n) is 4.15. The molecule has 1 aliphatic rings. The summed E-state index contributed by atoms with van der Waals surface area (Å²) < 4.78 is 0. The van der Waals surface area contributed by atoms with Gasteiger partial charge in [-0.1, -0.05) is 30.3 Å². The van der Waals surface area contributed by atoms with Crippen molar-refractivity contribution in [3.05, 3.63) is 35.9 Å². The zero-order valence-electron chi connectivity index (χ0n) is 13.6. The lowest BCUT2D eigenvalue weighted by Gasteiger charge is -2.36. The van der Waals surface area contributed by atoms with Gasteiger partial charge in [0.2, 0.25) is 18.2 Å². The largest absolute Gasteiger partial charge is 0.351 e. The van der Waals surface area contributed by atoms with Gasteiger partial charge in [0.25, 0.3) is 0 Å². The molecule has 1 fully saturated rings. The van der Waals surface area contributed by atoms with Crippen LogP contribution >= 0.6 is 0 Å². The van der Waals surface area contributed by atoms with Crippen LogP contribution in [0, 0.1) is 5.41 Å². The number of hydrogen-bond donors (Lipinski definition) is 1. The Hall–Kier alpha value is -2.37. The first-order chi connectivity index (χ1) is 10.9. The molecule has 0 radical (unpaired) electrons. The van der Waals surface area contributed by atoms with Crippen molar-refractivity contribution >= 4 is 18.2 Å². The van der Waals surface area contributed by atoms with Crippen molar-refractivity contribution in [3.63, 3.8) is 0 Å². The first-order valence-electron chi connectivity index (χ1n) is 7.76. The predicted molar refractivity (Wildman–Crippen MR) is 86.3 cm³/mol. The Balaban J connectivity index is 1.92. The van der Waals surface area contributed by atoms with Crippen molar-refractivity contribution in [2.24, 2.45) is 5.41 Å². The third-order valence-corrected chi connectivity index (χ3v) is 4.15. The third kappa shape index (κ3) is 4.09. The standard InChI is InChI=1S/C17H23N3O3/c1-17(2,15(22)18-12-14-6-4-3-5-7-14)16(23)20-10-8-19(13-21)9-11-20/h3-7,13H,8-12H2,1-2H3,(H,18,22). The van der Waals surface area contributed by atoms with Crippen molar-refractivity contribution in [3.8, 4) is 0 Å². The first kappa shape index (κ1) is 17.0. The molecule has 0 bridgehead atoms. The summed E-state index contributed by atoms with van der Waals surface area (Å²) in [6, 6.07) is 9.58. The summed E-state index contributed by atoms with van der Waals surface area (Å²) in [6.07, 6.45) is 0.791. The van der Waals surface area contributed by atoms with Crippen LogP contribution in [0.25, 0.3) is 0 Å². The second-order valence-corrected chi connectivity index (χ2v) is 6.23. The maximum atomic E-state index is 12.6. The number of carbonyl (C=O) groups is 3. The second-order valence-electron chi connectivity index (χ2n) is 6.23. The van der Waals surface area contributed by atoms with E-state index in [2.05, 4.69) is 5.32 Å². The van der Waals surface area contributed by atoms with Gasteiger partial charge in [0, 0.05) is 32.7 Å². The number of nitrogens with zero attached hydrogens (tertiary/aromatic N) is 2. The highest BCUT2D eigenvalue weighted by Gasteiger charge is 2.39. The summed E-state index contributed by atoms with van der Waals surface area (Å²) in [4.78, 5) is 39.0. The van der Waals surface area contributed by atoms with Crippen molar-refractivity contribution in [2.45, 2.75) is 20.4 Å². The van der Waals surface area contributed by atoms with Crippen LogP contribution < -0.4 is 5.32 Å². The van der Waals surface area contributed by atoms with Gasteiger partial charge in [-0.25, -0.2) is 0 Å². The number of rotatable bonds is 5. The molecule has 0 atom stereocenters. The fourth-order valence-corrected chi connectivity index (χ4v) is 2.52. The molecule has 6 nitrogen and oxygen atoms in total. The number of carbonyl (C=O) groups excluding carboxylic acids is 3. The molecule has 0 spiro atoms. The molecule has 6 heteroatoms. The minimum atomic E-state index is -1.13. The van der Waals surface area contributed by atoms with Gasteiger partial charge in [0.15, 0.2) is 0 Å². The average Bonchev–Trinajstić information content (AvgIpc) is 2.59. The smallest absolute Gasteiger partial charge is 0.237 e. The summed E-state index contributed by atoms with van der Waals surface area (Å²) >= 11 is 0. The zero-order valence-corrected chi connectivity index (χ0v) is 13.6. The Morgan fingerprint density at radius 3 is 2.30 bits per heavy atom. The second kappa shape index (κ2) is 7.26. The molecule has 1 aliphatic heterocycles. The van der Waals surface area contributed by atoms with Crippen LogP contribution in [0.1, 0.15) is 19.4 Å². The van der Waals surface area contributed by atoms with Crippen molar-refractivity contribution in [1.29, 1.82) is 0 Å². The Morgan fingerprint density at radius 1 is 1.13 bits per heavy atom. The Labute approximate surface area is 136 Å². The highest BCUT2D eigenvalue weighted by Crippen LogP contribution is 2.20. The van der Waals surface area contributed by atoms with Gasteiger partial charge in [-0.3, -0.25) is 14.4 Å². The van der Waals surface area contributed by atoms with E-state index in [4.69, 9.17) is 0 Å². The predicted octanol–water partition coefficient (Wildman–Crippen LogP) is 0.630. The van der Waals surface area contributed by atoms with Crippen LogP contribution in [0.15, 0.2) is 30.3 Å². The molecule has 23 heavy (non-hydrogen) atoms. The molecule has 0 saturated carbocycles. The van der Waals surface area contributed by atoms with E-state index in [0.717, 1.165) is 12.0 Å². The quantitative estimate of drug-likeness (QED) is 0.640. The van der Waals surface area contributed by atoms with Crippen LogP contribution in [0.5, 0.6) is 0 Å². The first-order valence-corrected chi connectivity index (χ1v) is 7.76. The number of piperazine rings is 1. The number of benzene rings is 1. The molecule has 0 unspecified atom stereocenters. The van der Waals surface area contributed by atoms with E-state index in [1.54, 1.807) is 23.6 Å². The SMILES string of the molecule is CC(C)(C(=O)NCc1ccccc1)C(=O)N1CCN(C=O)CC1. The van der Waals surface area contributed by atoms with E-state index < -0.39 is 5.41 Å². The average molecular weight is 317 g/mol. The van der Waals surface area contributed by atoms with Gasteiger partial charge in [0.05, 0.1) is 0 Å². The minimum absolute atomic E-state index is 0.200. The molecule has 3 amide bonds. The fourth-order valence-electron chi connectivity index (χ4n) is 2.52. The van der Waals surface area contributed by atoms with Gasteiger partial charge in [-0.15, -0.1) is 0 Å². The number of hydrogen-bond acceptors (Lipinski definition) is 3. The Morgan fingerprint density at radius 2 is 1.74 bits per heavy atom. The van der Waals surface area contributed by atoms with E-state index in [1.807, 2.05) is 30.3 Å². The molecule has 1 aromatic rings. The van der Waals surface area contributed by atoms with Gasteiger partial charge in [0.1, 0.15) is 5.41 Å². The van der Waals surface area contributed by atoms with Gasteiger partial charge >= 0.3 is 0 Å². The highest BCUT2D eigenvalue weighted by atomic mass is 16.2.